The maximum atomic E-state index is 13.2. The van der Waals surface area contributed by atoms with E-state index in [2.05, 4.69) is 20.9 Å². The van der Waals surface area contributed by atoms with Crippen molar-refractivity contribution in [2.24, 2.45) is 0 Å². The van der Waals surface area contributed by atoms with E-state index in [9.17, 15) is 56.6 Å². The molecule has 0 bridgehead atoms. The zero-order chi connectivity index (χ0) is 48.9. The average molecular weight is 983 g/mol. The fourth-order valence-electron chi connectivity index (χ4n) is 6.82. The van der Waals surface area contributed by atoms with Gasteiger partial charge in [-0.3, -0.25) is 42.9 Å². The maximum Gasteiger partial charge on any atom is 0.317 e. The van der Waals surface area contributed by atoms with Crippen LogP contribution in [0, 0.1) is 13.8 Å². The molecule has 1 unspecified atom stereocenters. The number of aliphatic carboxylic acids is 2. The van der Waals surface area contributed by atoms with Crippen LogP contribution in [0.1, 0.15) is 43.7 Å². The fourth-order valence-corrected chi connectivity index (χ4v) is 8.15. The summed E-state index contributed by atoms with van der Waals surface area (Å²) in [5.41, 5.74) is 1.21. The number of hydrogen-bond donors (Lipinski definition) is 8. The second-order valence-corrected chi connectivity index (χ2v) is 18.2. The monoisotopic (exact) mass is 982 g/mol. The summed E-state index contributed by atoms with van der Waals surface area (Å²) < 4.78 is 74.2. The van der Waals surface area contributed by atoms with Crippen molar-refractivity contribution in [2.45, 2.75) is 57.4 Å². The van der Waals surface area contributed by atoms with E-state index in [1.165, 1.54) is 0 Å². The molecule has 0 aliphatic carbocycles. The molecule has 380 valence electrons. The molecule has 1 fully saturated rings. The van der Waals surface area contributed by atoms with Crippen LogP contribution in [0.25, 0.3) is 0 Å². The van der Waals surface area contributed by atoms with Crippen LogP contribution in [0.2, 0.25) is 0 Å². The molecule has 0 aromatic heterocycles. The standard InChI is InChI=1S/C41H73N7O16S2/c1-4-45-11-13-46(15-16-48(30-39(53)54)18-17-47(14-12-45)29-38(51)52)28-37(50)44-35(31-66(58,59)60)41(55)43-10-7-20-62-23-25-63-24-22-61-19-6-9-42-36(49)8-5-21-64-34-26-32(2)40(65(56)57)33(3)27-34/h26-27,35,58-60H,4-25,28-31H2,1-3H3,(H,42,49)(H,43,55)(H,44,50)(H,51,52)(H,53,54)(H,56,57)/p-1/t35-/m1/s1. The number of likely N-dealkylation sites (N-methyl/N-ethyl adjacent to an activating group) is 1. The molecule has 2 rings (SSSR count). The first-order chi connectivity index (χ1) is 31.4. The fraction of sp³-hybridized carbons (Fsp3) is 0.732. The van der Waals surface area contributed by atoms with Gasteiger partial charge in [-0.1, -0.05) is 6.92 Å². The summed E-state index contributed by atoms with van der Waals surface area (Å²) in [5.74, 6) is -3.75. The van der Waals surface area contributed by atoms with Gasteiger partial charge in [-0.25, -0.2) is 0 Å². The number of nitrogens with one attached hydrogen (secondary N) is 3. The molecule has 1 aliphatic heterocycles. The number of hydrogen-bond acceptors (Lipinski definition) is 18. The molecule has 1 heterocycles. The Labute approximate surface area is 391 Å². The predicted octanol–water partition coefficient (Wildman–Crippen LogP) is -0.118. The van der Waals surface area contributed by atoms with E-state index < -0.39 is 57.5 Å². The van der Waals surface area contributed by atoms with Gasteiger partial charge in [0.15, 0.2) is 0 Å². The van der Waals surface area contributed by atoms with Gasteiger partial charge < -0.3 is 68.2 Å². The van der Waals surface area contributed by atoms with E-state index in [1.807, 2.05) is 6.92 Å². The number of carbonyl (C=O) groups excluding carboxylic acids is 3. The van der Waals surface area contributed by atoms with Crippen LogP contribution < -0.4 is 20.7 Å². The van der Waals surface area contributed by atoms with Crippen molar-refractivity contribution >= 4 is 51.6 Å². The topological polar surface area (TPSA) is 313 Å². The van der Waals surface area contributed by atoms with Crippen molar-refractivity contribution in [3.8, 4) is 5.75 Å². The third kappa shape index (κ3) is 27.3. The smallest absolute Gasteiger partial charge is 0.317 e. The maximum absolute atomic E-state index is 13.2. The number of amides is 3. The van der Waals surface area contributed by atoms with Crippen molar-refractivity contribution in [1.82, 2.24) is 35.6 Å². The van der Waals surface area contributed by atoms with Gasteiger partial charge >= 0.3 is 11.9 Å². The number of carboxylic acid groups (broad SMARTS) is 2. The number of aryl methyl sites for hydroxylation is 2. The highest BCUT2D eigenvalue weighted by Crippen LogP contribution is 2.33. The predicted molar refractivity (Wildman–Crippen MR) is 245 cm³/mol. The Bertz CT molecular complexity index is 1640. The Morgan fingerprint density at radius 2 is 1.14 bits per heavy atom. The molecule has 0 radical (unpaired) electrons. The lowest BCUT2D eigenvalue weighted by molar-refractivity contribution is -0.140. The van der Waals surface area contributed by atoms with Gasteiger partial charge in [0.25, 0.3) is 0 Å². The highest BCUT2D eigenvalue weighted by Gasteiger charge is 2.29. The molecule has 25 heteroatoms. The van der Waals surface area contributed by atoms with Gasteiger partial charge in [-0.2, -0.15) is 0 Å². The molecule has 0 spiro atoms. The van der Waals surface area contributed by atoms with Crippen molar-refractivity contribution < 1.29 is 75.6 Å². The molecule has 1 aromatic rings. The van der Waals surface area contributed by atoms with Crippen LogP contribution in [0.15, 0.2) is 17.0 Å². The molecular formula is C41H72N7O16S2-. The quantitative estimate of drug-likeness (QED) is 0.0355. The summed E-state index contributed by atoms with van der Waals surface area (Å²) in [7, 11) is -4.17. The van der Waals surface area contributed by atoms with Crippen molar-refractivity contribution in [3.05, 3.63) is 23.3 Å². The van der Waals surface area contributed by atoms with Crippen LogP contribution in [0.3, 0.4) is 0 Å². The lowest BCUT2D eigenvalue weighted by Gasteiger charge is -2.33. The van der Waals surface area contributed by atoms with Crippen LogP contribution >= 0.6 is 10.9 Å². The molecule has 0 saturated carbocycles. The number of carbonyl (C=O) groups is 5. The molecule has 1 aliphatic rings. The van der Waals surface area contributed by atoms with Gasteiger partial charge in [0.05, 0.1) is 69.3 Å². The van der Waals surface area contributed by atoms with E-state index >= 15 is 0 Å². The lowest BCUT2D eigenvalue weighted by Crippen LogP contribution is -2.53. The first-order valence-electron chi connectivity index (χ1n) is 22.1. The molecule has 1 saturated heterocycles. The zero-order valence-electron chi connectivity index (χ0n) is 38.4. The Morgan fingerprint density at radius 3 is 1.59 bits per heavy atom. The largest absolute Gasteiger partial charge is 0.768 e. The minimum absolute atomic E-state index is 0.104. The van der Waals surface area contributed by atoms with Crippen molar-refractivity contribution in [2.75, 3.05) is 144 Å². The second kappa shape index (κ2) is 33.0. The Balaban J connectivity index is 1.62. The van der Waals surface area contributed by atoms with Crippen molar-refractivity contribution in [1.29, 1.82) is 0 Å². The highest BCUT2D eigenvalue weighted by atomic mass is 32.3. The Hall–Kier alpha value is -3.57. The molecule has 1 aromatic carbocycles. The SMILES string of the molecule is CCN1CCN(CC(=O)O)CCN(CC(=O)O)CCN(CC(=O)N[C@H](CS(O)(O)O)C(=O)NCCCOCCOCCOCCCNC(=O)CCCOc2cc(C)c(S(=O)[O-])c(C)c2)CC1. The number of nitrogens with zero attached hydrogens (tertiary/aromatic N) is 4. The van der Waals surface area contributed by atoms with Crippen LogP contribution in [0.4, 0.5) is 0 Å². The number of rotatable bonds is 31. The van der Waals surface area contributed by atoms with Crippen LogP contribution in [0.5, 0.6) is 5.75 Å². The molecule has 23 nitrogen and oxygen atoms in total. The second-order valence-electron chi connectivity index (χ2n) is 15.7. The summed E-state index contributed by atoms with van der Waals surface area (Å²) in [5, 5.41) is 26.8. The first-order valence-corrected chi connectivity index (χ1v) is 24.8. The average Bonchev–Trinajstić information content (AvgIpc) is 3.22. The summed E-state index contributed by atoms with van der Waals surface area (Å²) in [6, 6.07) is 1.86. The molecule has 66 heavy (non-hydrogen) atoms. The van der Waals surface area contributed by atoms with E-state index in [0.717, 1.165) is 0 Å². The molecule has 8 N–H and O–H groups in total. The number of ether oxygens (including phenoxy) is 4. The Kier molecular flexibility index (Phi) is 29.3. The summed E-state index contributed by atoms with van der Waals surface area (Å²) in [6.07, 6.45) is 1.80. The normalized spacial score (nSPS) is 16.3. The molecule has 3 amide bonds. The lowest BCUT2D eigenvalue weighted by atomic mass is 10.1. The minimum Gasteiger partial charge on any atom is -0.768 e. The summed E-state index contributed by atoms with van der Waals surface area (Å²) >= 11 is -2.32. The summed E-state index contributed by atoms with van der Waals surface area (Å²) in [4.78, 5) is 69.0. The number of carboxylic acids is 2. The zero-order valence-corrected chi connectivity index (χ0v) is 40.1. The van der Waals surface area contributed by atoms with Gasteiger partial charge in [0, 0.05) is 90.0 Å². The number of benzene rings is 1. The van der Waals surface area contributed by atoms with Gasteiger partial charge in [0.2, 0.25) is 17.7 Å². The third-order valence-corrected chi connectivity index (χ3v) is 12.0. The van der Waals surface area contributed by atoms with Crippen LogP contribution in [-0.2, 0) is 49.3 Å². The molecular weight excluding hydrogens is 911 g/mol. The molecule has 2 atom stereocenters. The Morgan fingerprint density at radius 1 is 0.682 bits per heavy atom. The highest BCUT2D eigenvalue weighted by molar-refractivity contribution is 8.19. The van der Waals surface area contributed by atoms with E-state index in [-0.39, 0.29) is 69.7 Å². The van der Waals surface area contributed by atoms with E-state index in [1.54, 1.807) is 40.7 Å². The van der Waals surface area contributed by atoms with E-state index in [0.29, 0.717) is 122 Å². The third-order valence-electron chi connectivity index (χ3n) is 10.2. The van der Waals surface area contributed by atoms with E-state index in [4.69, 9.17) is 18.9 Å². The van der Waals surface area contributed by atoms with Crippen LogP contribution in [-0.4, -0.2) is 232 Å². The van der Waals surface area contributed by atoms with Gasteiger partial charge in [-0.05, 0) is 74.0 Å². The van der Waals surface area contributed by atoms with Gasteiger partial charge in [0.1, 0.15) is 11.8 Å². The van der Waals surface area contributed by atoms with Gasteiger partial charge in [-0.15, -0.1) is 0 Å². The first kappa shape index (κ1) is 58.6. The van der Waals surface area contributed by atoms with Crippen molar-refractivity contribution in [3.63, 3.8) is 0 Å². The summed E-state index contributed by atoms with van der Waals surface area (Å²) in [6.45, 7) is 11.4. The minimum atomic E-state index is -4.17.